The van der Waals surface area contributed by atoms with Gasteiger partial charge in [0.25, 0.3) is 0 Å². The fraction of sp³-hybridized carbons (Fsp3) is 0.250. The second kappa shape index (κ2) is 5.40. The molecule has 0 aliphatic heterocycles. The summed E-state index contributed by atoms with van der Waals surface area (Å²) in [5, 5.41) is 10.2. The zero-order chi connectivity index (χ0) is 14.2. The molecular weight excluding hydrogens is 336 g/mol. The third kappa shape index (κ3) is 2.56. The highest BCUT2D eigenvalue weighted by atomic mass is 79.9. The first kappa shape index (κ1) is 14.2. The molecule has 0 aliphatic rings. The Balaban J connectivity index is 2.61. The Labute approximate surface area is 122 Å². The van der Waals surface area contributed by atoms with Gasteiger partial charge >= 0.3 is 5.97 Å². The first-order chi connectivity index (χ1) is 8.95. The molecule has 1 atom stereocenters. The van der Waals surface area contributed by atoms with E-state index in [9.17, 15) is 4.79 Å². The molecule has 102 valence electrons. The van der Waals surface area contributed by atoms with E-state index in [1.807, 2.05) is 0 Å². The molecule has 1 heterocycles. The highest BCUT2D eigenvalue weighted by Crippen LogP contribution is 2.37. The number of H-pyrrole nitrogens is 1. The zero-order valence-electron chi connectivity index (χ0n) is 10.0. The van der Waals surface area contributed by atoms with Gasteiger partial charge in [0.05, 0.1) is 22.3 Å². The van der Waals surface area contributed by atoms with Crippen LogP contribution in [0.5, 0.6) is 5.75 Å². The monoisotopic (exact) mass is 346 g/mol. The minimum Gasteiger partial charge on any atom is -0.495 e. The van der Waals surface area contributed by atoms with Crippen LogP contribution in [-0.2, 0) is 11.2 Å². The lowest BCUT2D eigenvalue weighted by atomic mass is 10.1. The van der Waals surface area contributed by atoms with Crippen LogP contribution in [0.25, 0.3) is 10.9 Å². The van der Waals surface area contributed by atoms with Crippen molar-refractivity contribution in [1.29, 1.82) is 0 Å². The highest BCUT2D eigenvalue weighted by Gasteiger charge is 2.21. The van der Waals surface area contributed by atoms with Crippen molar-refractivity contribution in [3.63, 3.8) is 0 Å². The number of hydrogen-bond acceptors (Lipinski definition) is 3. The normalized spacial score (nSPS) is 12.6. The average molecular weight is 348 g/mol. The molecule has 0 fully saturated rings. The Morgan fingerprint density at radius 3 is 2.89 bits per heavy atom. The second-order valence-corrected chi connectivity index (χ2v) is 5.27. The number of benzene rings is 1. The van der Waals surface area contributed by atoms with Crippen molar-refractivity contribution in [3.8, 4) is 5.75 Å². The lowest BCUT2D eigenvalue weighted by Crippen LogP contribution is -2.32. The maximum absolute atomic E-state index is 10.9. The molecule has 0 aliphatic carbocycles. The van der Waals surface area contributed by atoms with Crippen LogP contribution in [0, 0.1) is 0 Å². The predicted octanol–water partition coefficient (Wildman–Crippen LogP) is 2.55. The summed E-state index contributed by atoms with van der Waals surface area (Å²) in [6.45, 7) is 0. The van der Waals surface area contributed by atoms with Gasteiger partial charge in [0.15, 0.2) is 0 Å². The standard InChI is InChI=1S/C12H12BrClN2O3/c1-19-8-3-2-6(14)9-5(4-7(15)12(17)18)11(13)16-10(8)9/h2-3,7,16H,4,15H2,1H3,(H,17,18). The average Bonchev–Trinajstić information content (AvgIpc) is 2.68. The number of nitrogens with two attached hydrogens (primary N) is 1. The molecule has 0 radical (unpaired) electrons. The summed E-state index contributed by atoms with van der Waals surface area (Å²) in [5.74, 6) is -0.421. The second-order valence-electron chi connectivity index (χ2n) is 4.07. The van der Waals surface area contributed by atoms with Crippen molar-refractivity contribution >= 4 is 44.4 Å². The number of carboxylic acid groups (broad SMARTS) is 1. The fourth-order valence-corrected chi connectivity index (χ4v) is 2.77. The first-order valence-corrected chi connectivity index (χ1v) is 6.63. The topological polar surface area (TPSA) is 88.3 Å². The third-order valence-electron chi connectivity index (χ3n) is 2.88. The molecule has 7 heteroatoms. The van der Waals surface area contributed by atoms with Crippen molar-refractivity contribution in [1.82, 2.24) is 4.98 Å². The number of rotatable bonds is 4. The van der Waals surface area contributed by atoms with E-state index in [1.165, 1.54) is 0 Å². The molecule has 0 amide bonds. The fourth-order valence-electron chi connectivity index (χ4n) is 1.94. The molecule has 1 aromatic heterocycles. The van der Waals surface area contributed by atoms with Gasteiger partial charge in [-0.05, 0) is 33.6 Å². The number of aromatic nitrogens is 1. The zero-order valence-corrected chi connectivity index (χ0v) is 12.4. The number of carboxylic acids is 1. The van der Waals surface area contributed by atoms with Crippen LogP contribution < -0.4 is 10.5 Å². The van der Waals surface area contributed by atoms with Crippen molar-refractivity contribution in [2.24, 2.45) is 5.73 Å². The quantitative estimate of drug-likeness (QED) is 0.793. The molecule has 1 unspecified atom stereocenters. The number of carbonyl (C=O) groups is 1. The van der Waals surface area contributed by atoms with Crippen LogP contribution in [0.3, 0.4) is 0 Å². The number of aromatic amines is 1. The third-order valence-corrected chi connectivity index (χ3v) is 3.87. The van der Waals surface area contributed by atoms with Crippen LogP contribution >= 0.6 is 27.5 Å². The molecule has 2 aromatic rings. The smallest absolute Gasteiger partial charge is 0.320 e. The Morgan fingerprint density at radius 1 is 1.63 bits per heavy atom. The van der Waals surface area contributed by atoms with Crippen molar-refractivity contribution in [2.75, 3.05) is 7.11 Å². The number of methoxy groups -OCH3 is 1. The maximum Gasteiger partial charge on any atom is 0.320 e. The minimum atomic E-state index is -1.06. The molecule has 0 saturated carbocycles. The molecule has 2 rings (SSSR count). The van der Waals surface area contributed by atoms with Crippen molar-refractivity contribution in [2.45, 2.75) is 12.5 Å². The van der Waals surface area contributed by atoms with Crippen LogP contribution in [0.2, 0.25) is 5.02 Å². The molecule has 4 N–H and O–H groups in total. The SMILES string of the molecule is COc1ccc(Cl)c2c(CC(N)C(=O)O)c(Br)[nH]c12. The summed E-state index contributed by atoms with van der Waals surface area (Å²) in [6.07, 6.45) is 0.169. The van der Waals surface area contributed by atoms with Gasteiger partial charge in [0.1, 0.15) is 11.8 Å². The molecule has 1 aromatic carbocycles. The Kier molecular flexibility index (Phi) is 4.03. The molecule has 0 saturated heterocycles. The molecule has 0 spiro atoms. The molecule has 5 nitrogen and oxygen atoms in total. The lowest BCUT2D eigenvalue weighted by Gasteiger charge is -2.07. The van der Waals surface area contributed by atoms with Crippen molar-refractivity contribution < 1.29 is 14.6 Å². The van der Waals surface area contributed by atoms with E-state index in [4.69, 9.17) is 27.2 Å². The molecule has 0 bridgehead atoms. The molecule has 19 heavy (non-hydrogen) atoms. The number of ether oxygens (including phenoxy) is 1. The number of halogens is 2. The minimum absolute atomic E-state index is 0.169. The number of aliphatic carboxylic acids is 1. The summed E-state index contributed by atoms with van der Waals surface area (Å²) in [5.41, 5.74) is 7.03. The Morgan fingerprint density at radius 2 is 2.32 bits per heavy atom. The van der Waals surface area contributed by atoms with Crippen LogP contribution in [0.4, 0.5) is 0 Å². The number of hydrogen-bond donors (Lipinski definition) is 3. The van der Waals surface area contributed by atoms with E-state index in [0.717, 1.165) is 16.5 Å². The maximum atomic E-state index is 10.9. The van der Waals surface area contributed by atoms with Gasteiger partial charge < -0.3 is 20.6 Å². The summed E-state index contributed by atoms with van der Waals surface area (Å²) in [7, 11) is 1.56. The van der Waals surface area contributed by atoms with E-state index in [2.05, 4.69) is 20.9 Å². The van der Waals surface area contributed by atoms with E-state index in [-0.39, 0.29) is 6.42 Å². The highest BCUT2D eigenvalue weighted by molar-refractivity contribution is 9.10. The van der Waals surface area contributed by atoms with E-state index >= 15 is 0 Å². The molecular formula is C12H12BrClN2O3. The Bertz CT molecular complexity index is 641. The Hall–Kier alpha value is -1.24. The summed E-state index contributed by atoms with van der Waals surface area (Å²) in [4.78, 5) is 14.0. The van der Waals surface area contributed by atoms with Gasteiger partial charge in [0.2, 0.25) is 0 Å². The predicted molar refractivity (Wildman–Crippen MR) is 76.9 cm³/mol. The van der Waals surface area contributed by atoms with Gasteiger partial charge in [-0.2, -0.15) is 0 Å². The lowest BCUT2D eigenvalue weighted by molar-refractivity contribution is -0.138. The summed E-state index contributed by atoms with van der Waals surface area (Å²) >= 11 is 9.55. The first-order valence-electron chi connectivity index (χ1n) is 5.46. The summed E-state index contributed by atoms with van der Waals surface area (Å²) < 4.78 is 5.90. The van der Waals surface area contributed by atoms with Crippen LogP contribution in [0.1, 0.15) is 5.56 Å². The van der Waals surface area contributed by atoms with Crippen LogP contribution in [0.15, 0.2) is 16.7 Å². The van der Waals surface area contributed by atoms with Gasteiger partial charge in [-0.3, -0.25) is 4.79 Å². The van der Waals surface area contributed by atoms with Crippen LogP contribution in [-0.4, -0.2) is 29.2 Å². The number of fused-ring (bicyclic) bond motifs is 1. The van der Waals surface area contributed by atoms with Gasteiger partial charge in [-0.25, -0.2) is 0 Å². The number of nitrogens with one attached hydrogen (secondary N) is 1. The van der Waals surface area contributed by atoms with Gasteiger partial charge in [-0.15, -0.1) is 0 Å². The van der Waals surface area contributed by atoms with E-state index in [1.54, 1.807) is 19.2 Å². The summed E-state index contributed by atoms with van der Waals surface area (Å²) in [6, 6.07) is 2.46. The van der Waals surface area contributed by atoms with Gasteiger partial charge in [0, 0.05) is 11.8 Å². The van der Waals surface area contributed by atoms with E-state index in [0.29, 0.717) is 15.4 Å². The van der Waals surface area contributed by atoms with Gasteiger partial charge in [-0.1, -0.05) is 11.6 Å². The van der Waals surface area contributed by atoms with E-state index < -0.39 is 12.0 Å². The largest absolute Gasteiger partial charge is 0.495 e. The van der Waals surface area contributed by atoms with Crippen molar-refractivity contribution in [3.05, 3.63) is 27.3 Å².